The summed E-state index contributed by atoms with van der Waals surface area (Å²) >= 11 is 0. The molecule has 0 aliphatic heterocycles. The second-order valence-electron chi connectivity index (χ2n) is 3.51. The van der Waals surface area contributed by atoms with Gasteiger partial charge in [-0.05, 0) is 0 Å². The van der Waals surface area contributed by atoms with Crippen molar-refractivity contribution in [2.45, 2.75) is 6.18 Å². The van der Waals surface area contributed by atoms with Gasteiger partial charge in [0.2, 0.25) is 5.82 Å². The van der Waals surface area contributed by atoms with Crippen molar-refractivity contribution < 1.29 is 17.9 Å². The van der Waals surface area contributed by atoms with Crippen molar-refractivity contribution in [2.24, 2.45) is 0 Å². The lowest BCUT2D eigenvalue weighted by atomic mass is 10.5. The average molecular weight is 273 g/mol. The largest absolute Gasteiger partial charge is 0.478 e. The topological polar surface area (TPSA) is 64.9 Å². The van der Waals surface area contributed by atoms with Crippen LogP contribution in [0.15, 0.2) is 18.6 Å². The summed E-state index contributed by atoms with van der Waals surface area (Å²) in [7, 11) is 3.11. The van der Waals surface area contributed by atoms with Gasteiger partial charge >= 0.3 is 6.18 Å². The van der Waals surface area contributed by atoms with Crippen LogP contribution in [0, 0.1) is 0 Å². The molecular weight excluding hydrogens is 263 g/mol. The lowest BCUT2D eigenvalue weighted by molar-refractivity contribution is -0.145. The Morgan fingerprint density at radius 3 is 2.32 bits per heavy atom. The van der Waals surface area contributed by atoms with Gasteiger partial charge < -0.3 is 10.1 Å². The Morgan fingerprint density at radius 1 is 1.26 bits per heavy atom. The number of nitrogens with one attached hydrogen (secondary N) is 1. The van der Waals surface area contributed by atoms with E-state index in [-0.39, 0.29) is 0 Å². The predicted octanol–water partition coefficient (Wildman–Crippen LogP) is 1.73. The lowest BCUT2D eigenvalue weighted by Gasteiger charge is -2.05. The van der Waals surface area contributed by atoms with Crippen LogP contribution in [-0.4, -0.2) is 33.9 Å². The fourth-order valence-electron chi connectivity index (χ4n) is 1.40. The summed E-state index contributed by atoms with van der Waals surface area (Å²) in [6, 6.07) is 0. The van der Waals surface area contributed by atoms with Crippen LogP contribution in [0.2, 0.25) is 0 Å². The van der Waals surface area contributed by atoms with Crippen molar-refractivity contribution in [1.82, 2.24) is 19.7 Å². The van der Waals surface area contributed by atoms with E-state index in [1.54, 1.807) is 13.2 Å². The van der Waals surface area contributed by atoms with Crippen molar-refractivity contribution in [3.8, 4) is 11.6 Å². The summed E-state index contributed by atoms with van der Waals surface area (Å²) in [6.07, 6.45) is -0.912. The summed E-state index contributed by atoms with van der Waals surface area (Å²) in [4.78, 5) is 6.52. The summed E-state index contributed by atoms with van der Waals surface area (Å²) in [5, 5.41) is 6.88. The average Bonchev–Trinajstić information content (AvgIpc) is 2.81. The van der Waals surface area contributed by atoms with Crippen molar-refractivity contribution >= 4 is 5.69 Å². The molecule has 102 valence electrons. The minimum Gasteiger partial charge on any atom is -0.478 e. The minimum atomic E-state index is -4.56. The van der Waals surface area contributed by atoms with E-state index in [0.717, 1.165) is 12.4 Å². The second kappa shape index (κ2) is 4.75. The van der Waals surface area contributed by atoms with Gasteiger partial charge in [-0.15, -0.1) is 5.10 Å². The maximum absolute atomic E-state index is 12.3. The molecule has 0 fully saturated rings. The van der Waals surface area contributed by atoms with Gasteiger partial charge in [0.25, 0.3) is 5.88 Å². The third-order valence-electron chi connectivity index (χ3n) is 2.30. The molecule has 2 heterocycles. The molecular formula is C10H10F3N5O. The number of ether oxygens (including phenoxy) is 1. The fraction of sp³-hybridized carbons (Fsp3) is 0.300. The van der Waals surface area contributed by atoms with E-state index in [1.807, 2.05) is 0 Å². The van der Waals surface area contributed by atoms with Crippen LogP contribution in [0.3, 0.4) is 0 Å². The van der Waals surface area contributed by atoms with Crippen LogP contribution < -0.4 is 10.1 Å². The van der Waals surface area contributed by atoms with Crippen molar-refractivity contribution in [2.75, 3.05) is 19.5 Å². The molecule has 0 amide bonds. The van der Waals surface area contributed by atoms with E-state index in [1.165, 1.54) is 11.8 Å². The van der Waals surface area contributed by atoms with Crippen molar-refractivity contribution in [3.05, 3.63) is 24.4 Å². The molecule has 0 radical (unpaired) electrons. The Hall–Kier alpha value is -2.32. The van der Waals surface area contributed by atoms with Crippen LogP contribution in [0.25, 0.3) is 5.69 Å². The van der Waals surface area contributed by atoms with E-state index >= 15 is 0 Å². The molecule has 2 aromatic heterocycles. The number of hydrogen-bond acceptors (Lipinski definition) is 5. The van der Waals surface area contributed by atoms with Gasteiger partial charge in [-0.3, -0.25) is 0 Å². The van der Waals surface area contributed by atoms with Crippen LogP contribution in [-0.2, 0) is 6.18 Å². The molecule has 0 aliphatic rings. The maximum atomic E-state index is 12.3. The van der Waals surface area contributed by atoms with Gasteiger partial charge in [-0.25, -0.2) is 14.6 Å². The highest BCUT2D eigenvalue weighted by Gasteiger charge is 2.34. The Labute approximate surface area is 106 Å². The highest BCUT2D eigenvalue weighted by Crippen LogP contribution is 2.26. The number of methoxy groups -OCH3 is 1. The SMILES string of the molecule is CNc1cn(-c2cnc(C(F)(F)F)nc2)nc1OC. The Morgan fingerprint density at radius 2 is 1.89 bits per heavy atom. The zero-order valence-electron chi connectivity index (χ0n) is 10.1. The van der Waals surface area contributed by atoms with E-state index in [0.29, 0.717) is 17.3 Å². The molecule has 6 nitrogen and oxygen atoms in total. The first kappa shape index (κ1) is 13.1. The van der Waals surface area contributed by atoms with E-state index in [4.69, 9.17) is 4.74 Å². The van der Waals surface area contributed by atoms with Crippen LogP contribution in [0.5, 0.6) is 5.88 Å². The van der Waals surface area contributed by atoms with Crippen LogP contribution in [0.4, 0.5) is 18.9 Å². The number of halogens is 3. The predicted molar refractivity (Wildman–Crippen MR) is 60.3 cm³/mol. The number of aromatic nitrogens is 4. The first-order valence-corrected chi connectivity index (χ1v) is 5.16. The number of alkyl halides is 3. The van der Waals surface area contributed by atoms with Gasteiger partial charge in [-0.1, -0.05) is 0 Å². The Bertz CT molecular complexity index is 542. The number of nitrogens with zero attached hydrogens (tertiary/aromatic N) is 4. The number of rotatable bonds is 3. The van der Waals surface area contributed by atoms with Gasteiger partial charge in [0.1, 0.15) is 11.4 Å². The van der Waals surface area contributed by atoms with E-state index in [2.05, 4.69) is 20.4 Å². The molecule has 1 N–H and O–H groups in total. The van der Waals surface area contributed by atoms with Gasteiger partial charge in [0, 0.05) is 7.05 Å². The number of hydrogen-bond donors (Lipinski definition) is 1. The molecule has 0 atom stereocenters. The standard InChI is InChI=1S/C10H10F3N5O/c1-14-7-5-18(17-8(7)19-2)6-3-15-9(16-4-6)10(11,12)13/h3-5,14H,1-2H3. The third kappa shape index (κ3) is 2.59. The smallest absolute Gasteiger partial charge is 0.451 e. The first-order chi connectivity index (χ1) is 8.95. The van der Waals surface area contributed by atoms with Gasteiger partial charge in [-0.2, -0.15) is 13.2 Å². The number of anilines is 1. The maximum Gasteiger partial charge on any atom is 0.451 e. The molecule has 0 bridgehead atoms. The summed E-state index contributed by atoms with van der Waals surface area (Å²) in [6.45, 7) is 0. The van der Waals surface area contributed by atoms with Crippen LogP contribution in [0.1, 0.15) is 5.82 Å². The Balaban J connectivity index is 2.34. The lowest BCUT2D eigenvalue weighted by Crippen LogP contribution is -2.11. The van der Waals surface area contributed by atoms with Crippen molar-refractivity contribution in [3.63, 3.8) is 0 Å². The van der Waals surface area contributed by atoms with Crippen LogP contribution >= 0.6 is 0 Å². The molecule has 19 heavy (non-hydrogen) atoms. The van der Waals surface area contributed by atoms with E-state index < -0.39 is 12.0 Å². The molecule has 0 aromatic carbocycles. The summed E-state index contributed by atoms with van der Waals surface area (Å²) in [5.41, 5.74) is 0.898. The quantitative estimate of drug-likeness (QED) is 0.922. The molecule has 0 spiro atoms. The molecule has 0 saturated carbocycles. The fourth-order valence-corrected chi connectivity index (χ4v) is 1.40. The molecule has 0 unspecified atom stereocenters. The zero-order valence-corrected chi connectivity index (χ0v) is 10.1. The normalized spacial score (nSPS) is 11.4. The van der Waals surface area contributed by atoms with E-state index in [9.17, 15) is 13.2 Å². The van der Waals surface area contributed by atoms with Gasteiger partial charge in [0.15, 0.2) is 0 Å². The third-order valence-corrected chi connectivity index (χ3v) is 2.30. The summed E-state index contributed by atoms with van der Waals surface area (Å²) < 4.78 is 43.3. The first-order valence-electron chi connectivity index (χ1n) is 5.16. The molecule has 9 heteroatoms. The highest BCUT2D eigenvalue weighted by atomic mass is 19.4. The minimum absolute atomic E-state index is 0.299. The monoisotopic (exact) mass is 273 g/mol. The summed E-state index contributed by atoms with van der Waals surface area (Å²) in [5.74, 6) is -0.869. The molecule has 0 saturated heterocycles. The van der Waals surface area contributed by atoms with Crippen molar-refractivity contribution in [1.29, 1.82) is 0 Å². The second-order valence-corrected chi connectivity index (χ2v) is 3.51. The highest BCUT2D eigenvalue weighted by molar-refractivity contribution is 5.52. The molecule has 2 aromatic rings. The zero-order chi connectivity index (χ0) is 14.0. The Kier molecular flexibility index (Phi) is 3.28. The van der Waals surface area contributed by atoms with Gasteiger partial charge in [0.05, 0.1) is 25.7 Å². The molecule has 0 aliphatic carbocycles. The molecule has 2 rings (SSSR count).